The number of rotatable bonds is 5. The van der Waals surface area contributed by atoms with Crippen LogP contribution in [0.15, 0.2) is 36.9 Å². The van der Waals surface area contributed by atoms with Crippen LogP contribution in [-0.2, 0) is 11.3 Å². The van der Waals surface area contributed by atoms with Crippen molar-refractivity contribution in [1.82, 2.24) is 14.9 Å². The molecule has 3 N–H and O–H groups in total. The molecule has 10 heteroatoms. The van der Waals surface area contributed by atoms with Crippen LogP contribution in [0.1, 0.15) is 40.1 Å². The Morgan fingerprint density at radius 1 is 1.12 bits per heavy atom. The number of nitrogens with zero attached hydrogens (tertiary/aromatic N) is 3. The molecule has 3 amide bonds. The fourth-order valence-electron chi connectivity index (χ4n) is 4.24. The van der Waals surface area contributed by atoms with Crippen molar-refractivity contribution in [2.24, 2.45) is 0 Å². The Kier molecular flexibility index (Phi) is 5.59. The van der Waals surface area contributed by atoms with E-state index in [2.05, 4.69) is 32.4 Å². The van der Waals surface area contributed by atoms with E-state index < -0.39 is 0 Å². The van der Waals surface area contributed by atoms with Gasteiger partial charge in [0.2, 0.25) is 5.91 Å². The van der Waals surface area contributed by atoms with Gasteiger partial charge in [-0.15, -0.1) is 0 Å². The number of amides is 3. The van der Waals surface area contributed by atoms with E-state index in [1.807, 2.05) is 16.7 Å². The number of nitrogens with one attached hydrogen (secondary N) is 3. The summed E-state index contributed by atoms with van der Waals surface area (Å²) in [6.45, 7) is 6.51. The average molecular weight is 465 g/mol. The highest BCUT2D eigenvalue weighted by molar-refractivity contribution is 7.20. The zero-order chi connectivity index (χ0) is 22.9. The van der Waals surface area contributed by atoms with Crippen LogP contribution in [0.5, 0.6) is 0 Å². The van der Waals surface area contributed by atoms with Crippen molar-refractivity contribution in [2.45, 2.75) is 25.8 Å². The van der Waals surface area contributed by atoms with Crippen molar-refractivity contribution >= 4 is 55.9 Å². The van der Waals surface area contributed by atoms with Crippen LogP contribution in [0, 0.1) is 0 Å². The van der Waals surface area contributed by atoms with Gasteiger partial charge in [-0.05, 0) is 43.5 Å². The second kappa shape index (κ2) is 8.70. The number of fused-ring (bicyclic) bond motifs is 3. The zero-order valence-electron chi connectivity index (χ0n) is 18.0. The molecule has 0 bridgehead atoms. The Bertz CT molecular complexity index is 1270. The molecule has 0 radical (unpaired) electrons. The molecule has 33 heavy (non-hydrogen) atoms. The van der Waals surface area contributed by atoms with E-state index in [9.17, 15) is 14.4 Å². The highest BCUT2D eigenvalue weighted by atomic mass is 32.1. The first-order valence-corrected chi connectivity index (χ1v) is 11.8. The third-order valence-corrected chi connectivity index (χ3v) is 6.95. The van der Waals surface area contributed by atoms with Gasteiger partial charge in [0, 0.05) is 42.6 Å². The van der Waals surface area contributed by atoms with Gasteiger partial charge in [-0.2, -0.15) is 0 Å². The Balaban J connectivity index is 1.44. The lowest BCUT2D eigenvalue weighted by Gasteiger charge is -2.25. The summed E-state index contributed by atoms with van der Waals surface area (Å²) in [4.78, 5) is 44.0. The summed E-state index contributed by atoms with van der Waals surface area (Å²) in [7, 11) is 0. The summed E-state index contributed by atoms with van der Waals surface area (Å²) in [5.41, 5.74) is 1.87. The monoisotopic (exact) mass is 464 g/mol. The maximum Gasteiger partial charge on any atom is 0.268 e. The lowest BCUT2D eigenvalue weighted by atomic mass is 10.1. The molecule has 1 saturated heterocycles. The summed E-state index contributed by atoms with van der Waals surface area (Å²) in [6.07, 6.45) is 4.56. The topological polar surface area (TPSA) is 108 Å². The van der Waals surface area contributed by atoms with Crippen molar-refractivity contribution in [3.8, 4) is 0 Å². The van der Waals surface area contributed by atoms with Gasteiger partial charge in [0.25, 0.3) is 11.8 Å². The van der Waals surface area contributed by atoms with Crippen LogP contribution < -0.4 is 20.9 Å². The summed E-state index contributed by atoms with van der Waals surface area (Å²) >= 11 is 1.34. The van der Waals surface area contributed by atoms with Gasteiger partial charge in [-0.25, -0.2) is 4.98 Å². The molecule has 0 unspecified atom stereocenters. The molecular formula is C23H24N6O3S. The largest absolute Gasteiger partial charge is 0.349 e. The third-order valence-electron chi connectivity index (χ3n) is 5.92. The van der Waals surface area contributed by atoms with Crippen LogP contribution in [0.4, 0.5) is 16.0 Å². The smallest absolute Gasteiger partial charge is 0.268 e. The number of hydrogen-bond acceptors (Lipinski definition) is 6. The predicted molar refractivity (Wildman–Crippen MR) is 129 cm³/mol. The highest BCUT2D eigenvalue weighted by Gasteiger charge is 2.23. The molecule has 2 aromatic heterocycles. The van der Waals surface area contributed by atoms with E-state index in [0.717, 1.165) is 42.0 Å². The second-order valence-corrected chi connectivity index (χ2v) is 9.06. The molecule has 9 nitrogen and oxygen atoms in total. The minimum absolute atomic E-state index is 0.112. The van der Waals surface area contributed by atoms with Gasteiger partial charge in [0.15, 0.2) is 10.9 Å². The number of hydrogen-bond donors (Lipinski definition) is 3. The Morgan fingerprint density at radius 2 is 1.94 bits per heavy atom. The van der Waals surface area contributed by atoms with E-state index in [0.29, 0.717) is 35.2 Å². The lowest BCUT2D eigenvalue weighted by molar-refractivity contribution is -0.111. The summed E-state index contributed by atoms with van der Waals surface area (Å²) in [5, 5.41) is 10.6. The fourth-order valence-corrected chi connectivity index (χ4v) is 5.21. The molecule has 0 saturated carbocycles. The molecule has 0 aliphatic carbocycles. The van der Waals surface area contributed by atoms with Gasteiger partial charge in [-0.1, -0.05) is 24.0 Å². The maximum absolute atomic E-state index is 13.1. The van der Waals surface area contributed by atoms with E-state index in [1.165, 1.54) is 23.8 Å². The average Bonchev–Trinajstić information content (AvgIpc) is 3.41. The molecule has 0 spiro atoms. The number of carbonyl (C=O) groups is 3. The molecule has 2 aliphatic rings. The van der Waals surface area contributed by atoms with Crippen LogP contribution in [0.3, 0.4) is 0 Å². The van der Waals surface area contributed by atoms with E-state index in [-0.39, 0.29) is 17.7 Å². The van der Waals surface area contributed by atoms with Crippen LogP contribution in [0.2, 0.25) is 0 Å². The van der Waals surface area contributed by atoms with Gasteiger partial charge in [0.05, 0.1) is 0 Å². The first-order valence-electron chi connectivity index (χ1n) is 11.0. The molecule has 2 aliphatic heterocycles. The molecule has 1 aromatic carbocycles. The number of piperidine rings is 1. The first-order chi connectivity index (χ1) is 16.0. The number of carbonyl (C=O) groups excluding carboxylic acids is 3. The normalized spacial score (nSPS) is 15.6. The summed E-state index contributed by atoms with van der Waals surface area (Å²) < 4.78 is 1.93. The van der Waals surface area contributed by atoms with Gasteiger partial charge in [-0.3, -0.25) is 14.4 Å². The standard InChI is InChI=1S/C23H24N6O3S/c1-2-18(30)25-22-19(27-23(33-22)28-9-4-3-5-10-28)26-20(31)15-7-6-14-12-17-21(32)24-8-11-29(17)16(14)13-15/h2,6-7,12-13H,1,3-5,8-11H2,(H,24,32)(H,25,30)(H,26,31). The Morgan fingerprint density at radius 3 is 2.73 bits per heavy atom. The molecule has 170 valence electrons. The molecular weight excluding hydrogens is 440 g/mol. The minimum atomic E-state index is -0.362. The van der Waals surface area contributed by atoms with Gasteiger partial charge in [0.1, 0.15) is 10.7 Å². The molecule has 3 aromatic rings. The predicted octanol–water partition coefficient (Wildman–Crippen LogP) is 3.21. The van der Waals surface area contributed by atoms with Crippen LogP contribution >= 0.6 is 11.3 Å². The van der Waals surface area contributed by atoms with E-state index in [1.54, 1.807) is 12.1 Å². The number of thiazole rings is 1. The number of aromatic nitrogens is 2. The lowest BCUT2D eigenvalue weighted by Crippen LogP contribution is -2.34. The third kappa shape index (κ3) is 4.09. The molecule has 1 fully saturated rings. The molecule has 4 heterocycles. The van der Waals surface area contributed by atoms with E-state index >= 15 is 0 Å². The summed E-state index contributed by atoms with van der Waals surface area (Å²) in [5.74, 6) is -0.493. The highest BCUT2D eigenvalue weighted by Crippen LogP contribution is 2.36. The molecule has 5 rings (SSSR count). The zero-order valence-corrected chi connectivity index (χ0v) is 18.8. The SMILES string of the molecule is C=CC(=O)Nc1sc(N2CCCCC2)nc1NC(=O)c1ccc2cc3n(c2c1)CCNC3=O. The van der Waals surface area contributed by atoms with Crippen molar-refractivity contribution in [3.05, 3.63) is 48.2 Å². The van der Waals surface area contributed by atoms with Gasteiger partial charge < -0.3 is 25.4 Å². The number of benzene rings is 1. The fraction of sp³-hybridized carbons (Fsp3) is 0.304. The summed E-state index contributed by atoms with van der Waals surface area (Å²) in [6, 6.07) is 7.18. The maximum atomic E-state index is 13.1. The van der Waals surface area contributed by atoms with Crippen molar-refractivity contribution in [1.29, 1.82) is 0 Å². The second-order valence-electron chi connectivity index (χ2n) is 8.08. The quantitative estimate of drug-likeness (QED) is 0.503. The van der Waals surface area contributed by atoms with Crippen molar-refractivity contribution in [2.75, 3.05) is 35.2 Å². The van der Waals surface area contributed by atoms with Crippen LogP contribution in [0.25, 0.3) is 10.9 Å². The molecule has 0 atom stereocenters. The van der Waals surface area contributed by atoms with Crippen molar-refractivity contribution < 1.29 is 14.4 Å². The van der Waals surface area contributed by atoms with Gasteiger partial charge >= 0.3 is 0 Å². The van der Waals surface area contributed by atoms with Crippen molar-refractivity contribution in [3.63, 3.8) is 0 Å². The van der Waals surface area contributed by atoms with Crippen LogP contribution in [-0.4, -0.2) is 46.9 Å². The Hall–Kier alpha value is -3.66. The number of anilines is 3. The van der Waals surface area contributed by atoms with E-state index in [4.69, 9.17) is 0 Å². The first kappa shape index (κ1) is 21.2. The Labute approximate surface area is 194 Å². The minimum Gasteiger partial charge on any atom is -0.349 e.